The van der Waals surface area contributed by atoms with Crippen molar-refractivity contribution >= 4 is 23.1 Å². The molecule has 0 aromatic heterocycles. The minimum absolute atomic E-state index is 0.129. The van der Waals surface area contributed by atoms with Gasteiger partial charge in [-0.3, -0.25) is 10.1 Å². The van der Waals surface area contributed by atoms with Crippen molar-refractivity contribution in [2.24, 2.45) is 0 Å². The van der Waals surface area contributed by atoms with Gasteiger partial charge in [0.1, 0.15) is 0 Å². The lowest BCUT2D eigenvalue weighted by molar-refractivity contribution is -0.384. The van der Waals surface area contributed by atoms with Crippen LogP contribution >= 0.6 is 11.8 Å². The number of nitro groups is 1. The van der Waals surface area contributed by atoms with Crippen LogP contribution in [0.25, 0.3) is 0 Å². The first-order chi connectivity index (χ1) is 10.0. The number of nitrogens with zero attached hydrogens (tertiary/aromatic N) is 1. The van der Waals surface area contributed by atoms with Gasteiger partial charge < -0.3 is 5.32 Å². The molecule has 21 heavy (non-hydrogen) atoms. The SMILES string of the molecule is CNc1ccc([N+](=O)[O-])cc1CSc1ccc(C)c(C)c1. The van der Waals surface area contributed by atoms with Gasteiger partial charge in [-0.05, 0) is 48.7 Å². The molecule has 4 nitrogen and oxygen atoms in total. The highest BCUT2D eigenvalue weighted by molar-refractivity contribution is 7.98. The Morgan fingerprint density at radius 1 is 1.14 bits per heavy atom. The van der Waals surface area contributed by atoms with Gasteiger partial charge in [-0.2, -0.15) is 0 Å². The number of nitrogens with one attached hydrogen (secondary N) is 1. The second kappa shape index (κ2) is 6.63. The van der Waals surface area contributed by atoms with Crippen molar-refractivity contribution in [1.29, 1.82) is 0 Å². The van der Waals surface area contributed by atoms with Gasteiger partial charge in [-0.25, -0.2) is 0 Å². The van der Waals surface area contributed by atoms with Gasteiger partial charge in [0.25, 0.3) is 5.69 Å². The lowest BCUT2D eigenvalue weighted by atomic mass is 10.1. The fourth-order valence-corrected chi connectivity index (χ4v) is 3.01. The summed E-state index contributed by atoms with van der Waals surface area (Å²) in [4.78, 5) is 11.7. The van der Waals surface area contributed by atoms with E-state index < -0.39 is 0 Å². The third kappa shape index (κ3) is 3.76. The van der Waals surface area contributed by atoms with Crippen LogP contribution in [0.5, 0.6) is 0 Å². The molecule has 0 aliphatic carbocycles. The molecule has 0 saturated heterocycles. The molecule has 0 aliphatic heterocycles. The van der Waals surface area contributed by atoms with E-state index in [1.807, 2.05) is 7.05 Å². The van der Waals surface area contributed by atoms with E-state index in [0.29, 0.717) is 5.75 Å². The zero-order chi connectivity index (χ0) is 15.4. The van der Waals surface area contributed by atoms with Crippen LogP contribution in [0.4, 0.5) is 11.4 Å². The highest BCUT2D eigenvalue weighted by atomic mass is 32.2. The normalized spacial score (nSPS) is 10.4. The first kappa shape index (κ1) is 15.4. The lowest BCUT2D eigenvalue weighted by Gasteiger charge is -2.09. The molecule has 0 heterocycles. The number of hydrogen-bond acceptors (Lipinski definition) is 4. The van der Waals surface area contributed by atoms with Gasteiger partial charge >= 0.3 is 0 Å². The molecule has 0 atom stereocenters. The third-order valence-corrected chi connectivity index (χ3v) is 4.48. The molecular weight excluding hydrogens is 284 g/mol. The molecule has 0 radical (unpaired) electrons. The van der Waals surface area contributed by atoms with Crippen LogP contribution in [-0.4, -0.2) is 12.0 Å². The first-order valence-electron chi connectivity index (χ1n) is 6.66. The van der Waals surface area contributed by atoms with E-state index in [2.05, 4.69) is 37.4 Å². The third-order valence-electron chi connectivity index (χ3n) is 3.44. The van der Waals surface area contributed by atoms with Crippen LogP contribution in [0.3, 0.4) is 0 Å². The summed E-state index contributed by atoms with van der Waals surface area (Å²) >= 11 is 1.68. The highest BCUT2D eigenvalue weighted by Crippen LogP contribution is 2.30. The van der Waals surface area contributed by atoms with E-state index in [9.17, 15) is 10.1 Å². The zero-order valence-corrected chi connectivity index (χ0v) is 13.2. The quantitative estimate of drug-likeness (QED) is 0.500. The Hall–Kier alpha value is -2.01. The van der Waals surface area contributed by atoms with Gasteiger partial charge in [0.2, 0.25) is 0 Å². The molecule has 0 aliphatic rings. The van der Waals surface area contributed by atoms with E-state index in [-0.39, 0.29) is 10.6 Å². The van der Waals surface area contributed by atoms with Crippen LogP contribution in [0.15, 0.2) is 41.3 Å². The summed E-state index contributed by atoms with van der Waals surface area (Å²) in [6, 6.07) is 11.3. The summed E-state index contributed by atoms with van der Waals surface area (Å²) in [5, 5.41) is 14.0. The van der Waals surface area contributed by atoms with Crippen molar-refractivity contribution in [3.63, 3.8) is 0 Å². The Morgan fingerprint density at radius 2 is 1.90 bits per heavy atom. The van der Waals surface area contributed by atoms with E-state index in [1.165, 1.54) is 22.1 Å². The van der Waals surface area contributed by atoms with Crippen LogP contribution in [0, 0.1) is 24.0 Å². The zero-order valence-electron chi connectivity index (χ0n) is 12.3. The minimum Gasteiger partial charge on any atom is -0.388 e. The molecule has 2 aromatic rings. The Kier molecular flexibility index (Phi) is 4.85. The van der Waals surface area contributed by atoms with Crippen LogP contribution in [0.2, 0.25) is 0 Å². The Bertz CT molecular complexity index is 671. The molecule has 0 unspecified atom stereocenters. The summed E-state index contributed by atoms with van der Waals surface area (Å²) in [5.41, 5.74) is 4.52. The summed E-state index contributed by atoms with van der Waals surface area (Å²) in [5.74, 6) is 0.695. The molecule has 2 aromatic carbocycles. The average Bonchev–Trinajstić information content (AvgIpc) is 2.48. The second-order valence-electron chi connectivity index (χ2n) is 4.88. The Morgan fingerprint density at radius 3 is 2.52 bits per heavy atom. The number of aryl methyl sites for hydroxylation is 2. The number of thioether (sulfide) groups is 1. The summed E-state index contributed by atoms with van der Waals surface area (Å²) < 4.78 is 0. The maximum atomic E-state index is 10.9. The van der Waals surface area contributed by atoms with Crippen molar-refractivity contribution in [3.05, 3.63) is 63.2 Å². The predicted molar refractivity (Wildman–Crippen MR) is 88.1 cm³/mol. The smallest absolute Gasteiger partial charge is 0.269 e. The van der Waals surface area contributed by atoms with Crippen molar-refractivity contribution in [3.8, 4) is 0 Å². The van der Waals surface area contributed by atoms with E-state index in [1.54, 1.807) is 23.9 Å². The van der Waals surface area contributed by atoms with Crippen molar-refractivity contribution in [1.82, 2.24) is 0 Å². The van der Waals surface area contributed by atoms with Gasteiger partial charge in [-0.15, -0.1) is 11.8 Å². The monoisotopic (exact) mass is 302 g/mol. The molecule has 1 N–H and O–H groups in total. The van der Waals surface area contributed by atoms with Gasteiger partial charge in [0.15, 0.2) is 0 Å². The van der Waals surface area contributed by atoms with E-state index >= 15 is 0 Å². The number of hydrogen-bond donors (Lipinski definition) is 1. The first-order valence-corrected chi connectivity index (χ1v) is 7.65. The van der Waals surface area contributed by atoms with E-state index in [4.69, 9.17) is 0 Å². The number of rotatable bonds is 5. The molecule has 0 fully saturated rings. The van der Waals surface area contributed by atoms with Crippen molar-refractivity contribution in [2.75, 3.05) is 12.4 Å². The van der Waals surface area contributed by atoms with Crippen molar-refractivity contribution < 1.29 is 4.92 Å². The standard InChI is InChI=1S/C16H18N2O2S/c1-11-4-6-15(8-12(11)2)21-10-13-9-14(18(19)20)5-7-16(13)17-3/h4-9,17H,10H2,1-3H3. The number of anilines is 1. The molecule has 2 rings (SSSR count). The Balaban J connectivity index is 2.19. The summed E-state index contributed by atoms with van der Waals surface area (Å²) in [6.07, 6.45) is 0. The second-order valence-corrected chi connectivity index (χ2v) is 5.93. The van der Waals surface area contributed by atoms with Gasteiger partial charge in [0.05, 0.1) is 4.92 Å². The predicted octanol–water partition coefficient (Wildman–Crippen LogP) is 4.55. The average molecular weight is 302 g/mol. The molecule has 0 bridgehead atoms. The van der Waals surface area contributed by atoms with Crippen LogP contribution < -0.4 is 5.32 Å². The maximum Gasteiger partial charge on any atom is 0.269 e. The number of benzene rings is 2. The molecule has 0 amide bonds. The topological polar surface area (TPSA) is 55.2 Å². The summed E-state index contributed by atoms with van der Waals surface area (Å²) in [7, 11) is 1.82. The maximum absolute atomic E-state index is 10.9. The highest BCUT2D eigenvalue weighted by Gasteiger charge is 2.10. The van der Waals surface area contributed by atoms with Gasteiger partial charge in [-0.1, -0.05) is 6.07 Å². The molecular formula is C16H18N2O2S. The van der Waals surface area contributed by atoms with Gasteiger partial charge in [0, 0.05) is 35.5 Å². The van der Waals surface area contributed by atoms with Crippen LogP contribution in [0.1, 0.15) is 16.7 Å². The Labute approximate surface area is 128 Å². The minimum atomic E-state index is -0.358. The fourth-order valence-electron chi connectivity index (χ4n) is 2.02. The van der Waals surface area contributed by atoms with Crippen LogP contribution in [-0.2, 0) is 5.75 Å². The number of nitro benzene ring substituents is 1. The summed E-state index contributed by atoms with van der Waals surface area (Å²) in [6.45, 7) is 4.18. The lowest BCUT2D eigenvalue weighted by Crippen LogP contribution is -1.96. The largest absolute Gasteiger partial charge is 0.388 e. The fraction of sp³-hybridized carbons (Fsp3) is 0.250. The van der Waals surface area contributed by atoms with Crippen molar-refractivity contribution in [2.45, 2.75) is 24.5 Å². The molecule has 0 saturated carbocycles. The molecule has 110 valence electrons. The number of non-ortho nitro benzene ring substituents is 1. The molecule has 5 heteroatoms. The van der Waals surface area contributed by atoms with E-state index in [0.717, 1.165) is 11.3 Å². The molecule has 0 spiro atoms.